The SMILES string of the molecule is COc1ccc(C[NH2+]CC[C@@]2(c3ccccc3)CCO[C@H](C(C)C)C2)cc1. The predicted molar refractivity (Wildman–Crippen MR) is 110 cm³/mol. The second-order valence-corrected chi connectivity index (χ2v) is 8.13. The van der Waals surface area contributed by atoms with E-state index in [1.54, 1.807) is 7.11 Å². The molecular formula is C24H34NO2+. The quantitative estimate of drug-likeness (QED) is 0.717. The Morgan fingerprint density at radius 3 is 2.52 bits per heavy atom. The Bertz CT molecular complexity index is 683. The van der Waals surface area contributed by atoms with Crippen LogP contribution in [0, 0.1) is 5.92 Å². The monoisotopic (exact) mass is 368 g/mol. The van der Waals surface area contributed by atoms with E-state index in [0.717, 1.165) is 38.3 Å². The first-order valence-electron chi connectivity index (χ1n) is 10.2. The molecular weight excluding hydrogens is 334 g/mol. The summed E-state index contributed by atoms with van der Waals surface area (Å²) in [5.41, 5.74) is 3.07. The molecule has 146 valence electrons. The number of ether oxygens (including phenoxy) is 2. The van der Waals surface area contributed by atoms with E-state index in [-0.39, 0.29) is 5.41 Å². The lowest BCUT2D eigenvalue weighted by Gasteiger charge is -2.42. The first-order chi connectivity index (χ1) is 13.1. The molecule has 1 saturated heterocycles. The summed E-state index contributed by atoms with van der Waals surface area (Å²) < 4.78 is 11.3. The number of methoxy groups -OCH3 is 1. The summed E-state index contributed by atoms with van der Waals surface area (Å²) in [5, 5.41) is 2.44. The van der Waals surface area contributed by atoms with Gasteiger partial charge in [-0.05, 0) is 48.6 Å². The Labute approximate surface area is 164 Å². The van der Waals surface area contributed by atoms with Crippen LogP contribution in [0.2, 0.25) is 0 Å². The van der Waals surface area contributed by atoms with Crippen LogP contribution in [0.25, 0.3) is 0 Å². The van der Waals surface area contributed by atoms with E-state index in [1.165, 1.54) is 17.5 Å². The minimum absolute atomic E-state index is 0.241. The van der Waals surface area contributed by atoms with Gasteiger partial charge in [0.1, 0.15) is 12.3 Å². The Kier molecular flexibility index (Phi) is 6.92. The number of benzene rings is 2. The highest BCUT2D eigenvalue weighted by molar-refractivity contribution is 5.27. The maximum atomic E-state index is 6.09. The van der Waals surface area contributed by atoms with E-state index in [9.17, 15) is 0 Å². The molecule has 1 fully saturated rings. The van der Waals surface area contributed by atoms with Crippen molar-refractivity contribution in [2.75, 3.05) is 20.3 Å². The Hall–Kier alpha value is -1.84. The molecule has 0 aromatic heterocycles. The highest BCUT2D eigenvalue weighted by Crippen LogP contribution is 2.41. The number of nitrogens with two attached hydrogens (primary N) is 1. The molecule has 0 spiro atoms. The third-order valence-electron chi connectivity index (χ3n) is 6.00. The number of quaternary nitrogens is 1. The van der Waals surface area contributed by atoms with Crippen LogP contribution >= 0.6 is 0 Å². The lowest BCUT2D eigenvalue weighted by Crippen LogP contribution is -2.83. The van der Waals surface area contributed by atoms with Crippen molar-refractivity contribution in [2.45, 2.75) is 51.2 Å². The van der Waals surface area contributed by atoms with Gasteiger partial charge in [-0.2, -0.15) is 0 Å². The molecule has 3 rings (SSSR count). The van der Waals surface area contributed by atoms with Crippen molar-refractivity contribution in [1.29, 1.82) is 0 Å². The van der Waals surface area contributed by atoms with Gasteiger partial charge < -0.3 is 14.8 Å². The van der Waals surface area contributed by atoms with Gasteiger partial charge >= 0.3 is 0 Å². The van der Waals surface area contributed by atoms with Crippen LogP contribution in [0.4, 0.5) is 0 Å². The molecule has 3 heteroatoms. The summed E-state index contributed by atoms with van der Waals surface area (Å²) in [6.45, 7) is 7.57. The molecule has 2 aromatic carbocycles. The Morgan fingerprint density at radius 1 is 1.11 bits per heavy atom. The normalized spacial score (nSPS) is 22.7. The molecule has 0 unspecified atom stereocenters. The number of hydrogen-bond acceptors (Lipinski definition) is 2. The molecule has 0 radical (unpaired) electrons. The fourth-order valence-corrected chi connectivity index (χ4v) is 4.21. The third-order valence-corrected chi connectivity index (χ3v) is 6.00. The third kappa shape index (κ3) is 5.12. The molecule has 0 bridgehead atoms. The van der Waals surface area contributed by atoms with Gasteiger partial charge in [0, 0.05) is 24.0 Å². The van der Waals surface area contributed by atoms with Crippen molar-refractivity contribution in [2.24, 2.45) is 5.92 Å². The van der Waals surface area contributed by atoms with Crippen molar-refractivity contribution in [3.05, 3.63) is 65.7 Å². The van der Waals surface area contributed by atoms with Crippen LogP contribution in [0.1, 0.15) is 44.2 Å². The smallest absolute Gasteiger partial charge is 0.118 e. The summed E-state index contributed by atoms with van der Waals surface area (Å²) >= 11 is 0. The van der Waals surface area contributed by atoms with E-state index < -0.39 is 0 Å². The van der Waals surface area contributed by atoms with Gasteiger partial charge in [-0.1, -0.05) is 44.2 Å². The summed E-state index contributed by atoms with van der Waals surface area (Å²) in [6, 6.07) is 19.5. The van der Waals surface area contributed by atoms with Gasteiger partial charge in [-0.3, -0.25) is 0 Å². The largest absolute Gasteiger partial charge is 0.497 e. The van der Waals surface area contributed by atoms with Gasteiger partial charge in [-0.25, -0.2) is 0 Å². The number of rotatable bonds is 8. The zero-order valence-electron chi connectivity index (χ0n) is 17.0. The molecule has 2 aromatic rings. The van der Waals surface area contributed by atoms with Gasteiger partial charge in [0.15, 0.2) is 0 Å². The van der Waals surface area contributed by atoms with Crippen LogP contribution in [0.3, 0.4) is 0 Å². The number of hydrogen-bond donors (Lipinski definition) is 1. The minimum atomic E-state index is 0.241. The highest BCUT2D eigenvalue weighted by atomic mass is 16.5. The predicted octanol–water partition coefficient (Wildman–Crippen LogP) is 3.92. The molecule has 3 nitrogen and oxygen atoms in total. The van der Waals surface area contributed by atoms with E-state index >= 15 is 0 Å². The zero-order valence-corrected chi connectivity index (χ0v) is 17.0. The molecule has 27 heavy (non-hydrogen) atoms. The van der Waals surface area contributed by atoms with Gasteiger partial charge in [-0.15, -0.1) is 0 Å². The van der Waals surface area contributed by atoms with Gasteiger partial charge in [0.25, 0.3) is 0 Å². The standard InChI is InChI=1S/C24H33NO2/c1-19(2)23-17-24(14-16-27-23,21-7-5-4-6-8-21)13-15-25-18-20-9-11-22(26-3)12-10-20/h4-12,19,23,25H,13-18H2,1-3H3/p+1/t23-,24+/m0/s1. The minimum Gasteiger partial charge on any atom is -0.497 e. The van der Waals surface area contributed by atoms with Crippen LogP contribution < -0.4 is 10.1 Å². The van der Waals surface area contributed by atoms with E-state index in [1.807, 2.05) is 12.1 Å². The second-order valence-electron chi connectivity index (χ2n) is 8.13. The average Bonchev–Trinajstić information content (AvgIpc) is 2.72. The van der Waals surface area contributed by atoms with E-state index in [0.29, 0.717) is 12.0 Å². The van der Waals surface area contributed by atoms with Crippen LogP contribution in [-0.2, 0) is 16.7 Å². The maximum absolute atomic E-state index is 6.09. The fourth-order valence-electron chi connectivity index (χ4n) is 4.21. The molecule has 0 saturated carbocycles. The lowest BCUT2D eigenvalue weighted by molar-refractivity contribution is -0.671. The lowest BCUT2D eigenvalue weighted by atomic mass is 9.68. The first kappa shape index (κ1) is 19.9. The molecule has 0 amide bonds. The van der Waals surface area contributed by atoms with E-state index in [2.05, 4.69) is 61.6 Å². The van der Waals surface area contributed by atoms with Crippen molar-refractivity contribution in [3.63, 3.8) is 0 Å². The second kappa shape index (κ2) is 9.38. The fraction of sp³-hybridized carbons (Fsp3) is 0.500. The molecule has 1 aliphatic heterocycles. The van der Waals surface area contributed by atoms with Crippen molar-refractivity contribution < 1.29 is 14.8 Å². The Balaban J connectivity index is 1.63. The summed E-state index contributed by atoms with van der Waals surface area (Å²) in [5.74, 6) is 1.49. The molecule has 0 aliphatic carbocycles. The van der Waals surface area contributed by atoms with Crippen molar-refractivity contribution in [1.82, 2.24) is 0 Å². The van der Waals surface area contributed by atoms with Gasteiger partial charge in [0.05, 0.1) is 19.8 Å². The maximum Gasteiger partial charge on any atom is 0.118 e. The summed E-state index contributed by atoms with van der Waals surface area (Å²) in [6.07, 6.45) is 3.81. The Morgan fingerprint density at radius 2 is 1.85 bits per heavy atom. The van der Waals surface area contributed by atoms with Crippen molar-refractivity contribution in [3.8, 4) is 5.75 Å². The van der Waals surface area contributed by atoms with Gasteiger partial charge in [0.2, 0.25) is 0 Å². The molecule has 1 heterocycles. The van der Waals surface area contributed by atoms with E-state index in [4.69, 9.17) is 9.47 Å². The molecule has 2 atom stereocenters. The highest BCUT2D eigenvalue weighted by Gasteiger charge is 2.39. The van der Waals surface area contributed by atoms with Crippen molar-refractivity contribution >= 4 is 0 Å². The molecule has 2 N–H and O–H groups in total. The van der Waals surface area contributed by atoms with Crippen LogP contribution in [0.15, 0.2) is 54.6 Å². The topological polar surface area (TPSA) is 35.1 Å². The average molecular weight is 369 g/mol. The first-order valence-corrected chi connectivity index (χ1v) is 10.2. The molecule has 1 aliphatic rings. The zero-order chi connectivity index (χ0) is 19.1. The van der Waals surface area contributed by atoms with Crippen LogP contribution in [0.5, 0.6) is 5.75 Å². The summed E-state index contributed by atoms with van der Waals surface area (Å²) in [7, 11) is 1.71. The summed E-state index contributed by atoms with van der Waals surface area (Å²) in [4.78, 5) is 0. The van der Waals surface area contributed by atoms with Crippen LogP contribution in [-0.4, -0.2) is 26.4 Å².